The summed E-state index contributed by atoms with van der Waals surface area (Å²) in [7, 11) is 0. The SMILES string of the molecule is Cc1cc(N)c(NC(=O)COc2ccccc2)c(Br)c1. The van der Waals surface area contributed by atoms with Crippen LogP contribution in [-0.4, -0.2) is 12.5 Å². The van der Waals surface area contributed by atoms with Gasteiger partial charge >= 0.3 is 0 Å². The summed E-state index contributed by atoms with van der Waals surface area (Å²) in [6.45, 7) is 1.87. The summed E-state index contributed by atoms with van der Waals surface area (Å²) in [4.78, 5) is 11.9. The zero-order valence-corrected chi connectivity index (χ0v) is 12.6. The first-order valence-corrected chi connectivity index (χ1v) is 6.89. The van der Waals surface area contributed by atoms with E-state index in [9.17, 15) is 4.79 Å². The van der Waals surface area contributed by atoms with Crippen molar-refractivity contribution in [3.05, 3.63) is 52.5 Å². The lowest BCUT2D eigenvalue weighted by Gasteiger charge is -2.12. The highest BCUT2D eigenvalue weighted by Gasteiger charge is 2.10. The first kappa shape index (κ1) is 14.4. The number of hydrogen-bond acceptors (Lipinski definition) is 3. The Balaban J connectivity index is 1.98. The smallest absolute Gasteiger partial charge is 0.262 e. The van der Waals surface area contributed by atoms with Crippen LogP contribution in [0, 0.1) is 6.92 Å². The number of nitrogens with one attached hydrogen (secondary N) is 1. The lowest BCUT2D eigenvalue weighted by atomic mass is 10.2. The number of para-hydroxylation sites is 1. The summed E-state index contributed by atoms with van der Waals surface area (Å²) in [6.07, 6.45) is 0. The molecule has 2 aromatic carbocycles. The molecule has 0 aliphatic heterocycles. The Bertz CT molecular complexity index is 592. The molecule has 1 amide bonds. The summed E-state index contributed by atoms with van der Waals surface area (Å²) in [5.74, 6) is 0.392. The average Bonchev–Trinajstić information content (AvgIpc) is 2.42. The van der Waals surface area contributed by atoms with E-state index in [1.54, 1.807) is 18.2 Å². The molecule has 0 heterocycles. The zero-order chi connectivity index (χ0) is 14.5. The van der Waals surface area contributed by atoms with Crippen LogP contribution < -0.4 is 15.8 Å². The van der Waals surface area contributed by atoms with Gasteiger partial charge in [-0.05, 0) is 52.7 Å². The molecule has 20 heavy (non-hydrogen) atoms. The van der Waals surface area contributed by atoms with Crippen LogP contribution in [0.15, 0.2) is 46.9 Å². The molecule has 4 nitrogen and oxygen atoms in total. The predicted molar refractivity (Wildman–Crippen MR) is 83.9 cm³/mol. The fourth-order valence-corrected chi connectivity index (χ4v) is 2.43. The lowest BCUT2D eigenvalue weighted by Crippen LogP contribution is -2.21. The van der Waals surface area contributed by atoms with Gasteiger partial charge in [-0.15, -0.1) is 0 Å². The van der Waals surface area contributed by atoms with E-state index in [0.717, 1.165) is 10.0 Å². The molecular formula is C15H15BrN2O2. The van der Waals surface area contributed by atoms with Gasteiger partial charge in [-0.1, -0.05) is 18.2 Å². The molecule has 3 N–H and O–H groups in total. The topological polar surface area (TPSA) is 64.3 Å². The minimum atomic E-state index is -0.259. The van der Waals surface area contributed by atoms with Gasteiger partial charge < -0.3 is 15.8 Å². The van der Waals surface area contributed by atoms with Crippen LogP contribution in [-0.2, 0) is 4.79 Å². The van der Waals surface area contributed by atoms with E-state index < -0.39 is 0 Å². The number of carbonyl (C=O) groups excluding carboxylic acids is 1. The molecule has 5 heteroatoms. The van der Waals surface area contributed by atoms with E-state index in [1.807, 2.05) is 31.2 Å². The average molecular weight is 335 g/mol. The molecule has 0 aromatic heterocycles. The predicted octanol–water partition coefficient (Wildman–Crippen LogP) is 3.36. The minimum Gasteiger partial charge on any atom is -0.484 e. The Labute approximate surface area is 126 Å². The number of benzene rings is 2. The Kier molecular flexibility index (Phi) is 4.63. The molecule has 0 spiro atoms. The maximum absolute atomic E-state index is 11.9. The molecule has 2 rings (SSSR count). The third-order valence-corrected chi connectivity index (χ3v) is 3.27. The van der Waals surface area contributed by atoms with Crippen molar-refractivity contribution in [1.82, 2.24) is 0 Å². The van der Waals surface area contributed by atoms with Gasteiger partial charge in [-0.25, -0.2) is 0 Å². The van der Waals surface area contributed by atoms with Crippen molar-refractivity contribution in [2.24, 2.45) is 0 Å². The first-order chi connectivity index (χ1) is 9.56. The zero-order valence-electron chi connectivity index (χ0n) is 11.0. The molecule has 104 valence electrons. The third kappa shape index (κ3) is 3.74. The van der Waals surface area contributed by atoms with Crippen LogP contribution in [0.3, 0.4) is 0 Å². The summed E-state index contributed by atoms with van der Waals surface area (Å²) >= 11 is 3.39. The monoisotopic (exact) mass is 334 g/mol. The van der Waals surface area contributed by atoms with E-state index in [0.29, 0.717) is 17.1 Å². The van der Waals surface area contributed by atoms with E-state index in [-0.39, 0.29) is 12.5 Å². The van der Waals surface area contributed by atoms with Crippen molar-refractivity contribution in [3.63, 3.8) is 0 Å². The maximum Gasteiger partial charge on any atom is 0.262 e. The Morgan fingerprint density at radius 3 is 2.65 bits per heavy atom. The first-order valence-electron chi connectivity index (χ1n) is 6.09. The normalized spacial score (nSPS) is 10.1. The van der Waals surface area contributed by atoms with Gasteiger partial charge in [0.1, 0.15) is 5.75 Å². The van der Waals surface area contributed by atoms with E-state index in [1.165, 1.54) is 0 Å². The number of hydrogen-bond donors (Lipinski definition) is 2. The number of carbonyl (C=O) groups is 1. The fourth-order valence-electron chi connectivity index (χ4n) is 1.74. The van der Waals surface area contributed by atoms with Crippen LogP contribution in [0.5, 0.6) is 5.75 Å². The van der Waals surface area contributed by atoms with Crippen LogP contribution in [0.4, 0.5) is 11.4 Å². The van der Waals surface area contributed by atoms with Gasteiger partial charge in [0.2, 0.25) is 0 Å². The number of aryl methyl sites for hydroxylation is 1. The van der Waals surface area contributed by atoms with E-state index in [2.05, 4.69) is 21.2 Å². The molecule has 0 bridgehead atoms. The second-order valence-electron chi connectivity index (χ2n) is 4.36. The standard InChI is InChI=1S/C15H15BrN2O2/c1-10-7-12(16)15(13(17)8-10)18-14(19)9-20-11-5-3-2-4-6-11/h2-8H,9,17H2,1H3,(H,18,19). The van der Waals surface area contributed by atoms with Gasteiger partial charge in [0, 0.05) is 4.47 Å². The number of amides is 1. The largest absolute Gasteiger partial charge is 0.484 e. The Morgan fingerprint density at radius 2 is 2.00 bits per heavy atom. The van der Waals surface area contributed by atoms with Gasteiger partial charge in [0.05, 0.1) is 11.4 Å². The Morgan fingerprint density at radius 1 is 1.30 bits per heavy atom. The molecular weight excluding hydrogens is 320 g/mol. The fraction of sp³-hybridized carbons (Fsp3) is 0.133. The minimum absolute atomic E-state index is 0.0657. The van der Waals surface area contributed by atoms with Crippen LogP contribution >= 0.6 is 15.9 Å². The van der Waals surface area contributed by atoms with Gasteiger partial charge in [-0.2, -0.15) is 0 Å². The van der Waals surface area contributed by atoms with Gasteiger partial charge in [0.25, 0.3) is 5.91 Å². The number of anilines is 2. The van der Waals surface area contributed by atoms with E-state index in [4.69, 9.17) is 10.5 Å². The quantitative estimate of drug-likeness (QED) is 0.842. The van der Waals surface area contributed by atoms with Crippen molar-refractivity contribution < 1.29 is 9.53 Å². The number of nitrogens with two attached hydrogens (primary N) is 1. The molecule has 0 fully saturated rings. The second-order valence-corrected chi connectivity index (χ2v) is 5.22. The highest BCUT2D eigenvalue weighted by molar-refractivity contribution is 9.10. The molecule has 0 atom stereocenters. The third-order valence-electron chi connectivity index (χ3n) is 2.64. The van der Waals surface area contributed by atoms with Gasteiger partial charge in [0.15, 0.2) is 6.61 Å². The lowest BCUT2D eigenvalue weighted by molar-refractivity contribution is -0.118. The number of rotatable bonds is 4. The van der Waals surface area contributed by atoms with Crippen LogP contribution in [0.1, 0.15) is 5.56 Å². The van der Waals surface area contributed by atoms with Crippen molar-refractivity contribution in [3.8, 4) is 5.75 Å². The molecule has 0 aliphatic rings. The highest BCUT2D eigenvalue weighted by Crippen LogP contribution is 2.30. The molecule has 0 unspecified atom stereocenters. The van der Waals surface area contributed by atoms with Crippen LogP contribution in [0.25, 0.3) is 0 Å². The molecule has 0 saturated heterocycles. The van der Waals surface area contributed by atoms with Crippen molar-refractivity contribution >= 4 is 33.2 Å². The highest BCUT2D eigenvalue weighted by atomic mass is 79.9. The second kappa shape index (κ2) is 6.43. The molecule has 0 saturated carbocycles. The molecule has 2 aromatic rings. The van der Waals surface area contributed by atoms with Crippen molar-refractivity contribution in [2.45, 2.75) is 6.92 Å². The van der Waals surface area contributed by atoms with E-state index >= 15 is 0 Å². The number of halogens is 1. The maximum atomic E-state index is 11.9. The Hall–Kier alpha value is -2.01. The summed E-state index contributed by atoms with van der Waals surface area (Å²) in [5, 5.41) is 2.74. The van der Waals surface area contributed by atoms with Crippen molar-refractivity contribution in [1.29, 1.82) is 0 Å². The van der Waals surface area contributed by atoms with Crippen molar-refractivity contribution in [2.75, 3.05) is 17.7 Å². The summed E-state index contributed by atoms with van der Waals surface area (Å²) < 4.78 is 6.13. The van der Waals surface area contributed by atoms with Gasteiger partial charge in [-0.3, -0.25) is 4.79 Å². The van der Waals surface area contributed by atoms with Crippen LogP contribution in [0.2, 0.25) is 0 Å². The molecule has 0 aliphatic carbocycles. The number of ether oxygens (including phenoxy) is 1. The number of nitrogen functional groups attached to an aromatic ring is 1. The molecule has 0 radical (unpaired) electrons. The summed E-state index contributed by atoms with van der Waals surface area (Å²) in [5.41, 5.74) is 8.00. The summed E-state index contributed by atoms with van der Waals surface area (Å²) in [6, 6.07) is 12.9.